The van der Waals surface area contributed by atoms with E-state index < -0.39 is 17.3 Å². The lowest BCUT2D eigenvalue weighted by Gasteiger charge is -2.22. The SMILES string of the molecule is CC(C)(C(=O)OCC(=O)NCc1ccc(Cl)cc1Cl)c1ccccc1. The molecule has 4 nitrogen and oxygen atoms in total. The largest absolute Gasteiger partial charge is 0.455 e. The maximum Gasteiger partial charge on any atom is 0.316 e. The van der Waals surface area contributed by atoms with Crippen LogP contribution in [0.15, 0.2) is 48.5 Å². The van der Waals surface area contributed by atoms with Crippen molar-refractivity contribution in [1.29, 1.82) is 0 Å². The van der Waals surface area contributed by atoms with Crippen LogP contribution >= 0.6 is 23.2 Å². The summed E-state index contributed by atoms with van der Waals surface area (Å²) in [7, 11) is 0. The summed E-state index contributed by atoms with van der Waals surface area (Å²) in [6.45, 7) is 3.40. The molecule has 2 aromatic carbocycles. The average molecular weight is 380 g/mol. The van der Waals surface area contributed by atoms with Gasteiger partial charge in [0.25, 0.3) is 5.91 Å². The highest BCUT2D eigenvalue weighted by molar-refractivity contribution is 6.35. The third-order valence-corrected chi connectivity index (χ3v) is 4.42. The molecule has 0 aromatic heterocycles. The maximum absolute atomic E-state index is 12.3. The molecule has 2 rings (SSSR count). The summed E-state index contributed by atoms with van der Waals surface area (Å²) >= 11 is 11.9. The first kappa shape index (κ1) is 19.3. The Hall–Kier alpha value is -2.04. The second-order valence-corrected chi connectivity index (χ2v) is 6.92. The Bertz CT molecular complexity index is 761. The van der Waals surface area contributed by atoms with Crippen molar-refractivity contribution in [2.24, 2.45) is 0 Å². The highest BCUT2D eigenvalue weighted by Crippen LogP contribution is 2.24. The topological polar surface area (TPSA) is 55.4 Å². The van der Waals surface area contributed by atoms with Gasteiger partial charge in [-0.3, -0.25) is 9.59 Å². The first-order valence-electron chi connectivity index (χ1n) is 7.74. The minimum absolute atomic E-state index is 0.231. The summed E-state index contributed by atoms with van der Waals surface area (Å²) < 4.78 is 5.16. The molecule has 25 heavy (non-hydrogen) atoms. The number of nitrogens with one attached hydrogen (secondary N) is 1. The van der Waals surface area contributed by atoms with Crippen molar-refractivity contribution in [2.45, 2.75) is 25.8 Å². The fourth-order valence-corrected chi connectivity index (χ4v) is 2.67. The monoisotopic (exact) mass is 379 g/mol. The first-order valence-corrected chi connectivity index (χ1v) is 8.49. The van der Waals surface area contributed by atoms with Gasteiger partial charge >= 0.3 is 5.97 Å². The van der Waals surface area contributed by atoms with Crippen molar-refractivity contribution in [1.82, 2.24) is 5.32 Å². The minimum atomic E-state index is -0.832. The number of hydrogen-bond acceptors (Lipinski definition) is 3. The van der Waals surface area contributed by atoms with Gasteiger partial charge in [-0.1, -0.05) is 59.6 Å². The molecular formula is C19H19Cl2NO3. The smallest absolute Gasteiger partial charge is 0.316 e. The molecule has 0 atom stereocenters. The summed E-state index contributed by atoms with van der Waals surface area (Å²) in [6, 6.07) is 14.3. The molecule has 1 amide bonds. The zero-order chi connectivity index (χ0) is 18.4. The number of esters is 1. The standard InChI is InChI=1S/C19H19Cl2NO3/c1-19(2,14-6-4-3-5-7-14)18(24)25-12-17(23)22-11-13-8-9-15(20)10-16(13)21/h3-10H,11-12H2,1-2H3,(H,22,23). The Labute approximate surface area is 157 Å². The number of benzene rings is 2. The molecule has 0 heterocycles. The zero-order valence-corrected chi connectivity index (χ0v) is 15.5. The third kappa shape index (κ3) is 5.21. The number of amides is 1. The summed E-state index contributed by atoms with van der Waals surface area (Å²) in [6.07, 6.45) is 0. The van der Waals surface area contributed by atoms with Gasteiger partial charge in [-0.2, -0.15) is 0 Å². The summed E-state index contributed by atoms with van der Waals surface area (Å²) in [4.78, 5) is 24.2. The van der Waals surface area contributed by atoms with Crippen LogP contribution in [0.4, 0.5) is 0 Å². The van der Waals surface area contributed by atoms with E-state index in [0.717, 1.165) is 11.1 Å². The number of rotatable bonds is 6. The van der Waals surface area contributed by atoms with E-state index >= 15 is 0 Å². The van der Waals surface area contributed by atoms with E-state index in [-0.39, 0.29) is 13.2 Å². The third-order valence-electron chi connectivity index (χ3n) is 3.83. The zero-order valence-electron chi connectivity index (χ0n) is 14.0. The van der Waals surface area contributed by atoms with Crippen LogP contribution in [-0.2, 0) is 26.3 Å². The average Bonchev–Trinajstić information content (AvgIpc) is 2.59. The summed E-state index contributed by atoms with van der Waals surface area (Å²) in [5.74, 6) is -0.860. The Kier molecular flexibility index (Phi) is 6.45. The fraction of sp³-hybridized carbons (Fsp3) is 0.263. The molecular weight excluding hydrogens is 361 g/mol. The second kappa shape index (κ2) is 8.37. The van der Waals surface area contributed by atoms with Crippen LogP contribution in [0.1, 0.15) is 25.0 Å². The van der Waals surface area contributed by atoms with Crippen molar-refractivity contribution in [3.05, 3.63) is 69.7 Å². The van der Waals surface area contributed by atoms with Crippen molar-refractivity contribution < 1.29 is 14.3 Å². The van der Waals surface area contributed by atoms with Gasteiger partial charge in [-0.05, 0) is 37.1 Å². The predicted molar refractivity (Wildman–Crippen MR) is 98.7 cm³/mol. The predicted octanol–water partition coefficient (Wildman–Crippen LogP) is 4.13. The quantitative estimate of drug-likeness (QED) is 0.767. The Morgan fingerprint density at radius 3 is 2.40 bits per heavy atom. The van der Waals surface area contributed by atoms with Gasteiger partial charge in [0, 0.05) is 16.6 Å². The lowest BCUT2D eigenvalue weighted by molar-refractivity contribution is -0.153. The summed E-state index contributed by atoms with van der Waals surface area (Å²) in [5.41, 5.74) is 0.727. The lowest BCUT2D eigenvalue weighted by atomic mass is 9.85. The molecule has 0 aliphatic rings. The molecule has 6 heteroatoms. The molecule has 0 aliphatic carbocycles. The number of carbonyl (C=O) groups excluding carboxylic acids is 2. The van der Waals surface area contributed by atoms with E-state index in [1.807, 2.05) is 30.3 Å². The van der Waals surface area contributed by atoms with Crippen molar-refractivity contribution in [2.75, 3.05) is 6.61 Å². The maximum atomic E-state index is 12.3. The molecule has 0 unspecified atom stereocenters. The van der Waals surface area contributed by atoms with Crippen LogP contribution in [-0.4, -0.2) is 18.5 Å². The number of ether oxygens (including phenoxy) is 1. The molecule has 0 saturated heterocycles. The van der Waals surface area contributed by atoms with Gasteiger partial charge in [-0.15, -0.1) is 0 Å². The molecule has 0 radical (unpaired) electrons. The van der Waals surface area contributed by atoms with E-state index in [1.165, 1.54) is 0 Å². The van der Waals surface area contributed by atoms with Crippen LogP contribution in [0, 0.1) is 0 Å². The highest BCUT2D eigenvalue weighted by Gasteiger charge is 2.31. The molecule has 0 aliphatic heterocycles. The van der Waals surface area contributed by atoms with E-state index in [1.54, 1.807) is 32.0 Å². The van der Waals surface area contributed by atoms with Crippen LogP contribution in [0.5, 0.6) is 0 Å². The Morgan fingerprint density at radius 2 is 1.76 bits per heavy atom. The summed E-state index contributed by atoms with van der Waals surface area (Å²) in [5, 5.41) is 3.65. The molecule has 2 aromatic rings. The van der Waals surface area contributed by atoms with Crippen LogP contribution < -0.4 is 5.32 Å². The normalized spacial score (nSPS) is 11.0. The molecule has 1 N–H and O–H groups in total. The van der Waals surface area contributed by atoms with Gasteiger partial charge in [0.2, 0.25) is 0 Å². The van der Waals surface area contributed by atoms with Gasteiger partial charge in [0.1, 0.15) is 0 Å². The van der Waals surface area contributed by atoms with Gasteiger partial charge in [0.15, 0.2) is 6.61 Å². The number of hydrogen-bond donors (Lipinski definition) is 1. The van der Waals surface area contributed by atoms with Gasteiger partial charge in [-0.25, -0.2) is 0 Å². The highest BCUT2D eigenvalue weighted by atomic mass is 35.5. The Morgan fingerprint density at radius 1 is 1.08 bits per heavy atom. The lowest BCUT2D eigenvalue weighted by Crippen LogP contribution is -2.35. The second-order valence-electron chi connectivity index (χ2n) is 6.08. The van der Waals surface area contributed by atoms with Crippen molar-refractivity contribution in [3.8, 4) is 0 Å². The fourth-order valence-electron chi connectivity index (χ4n) is 2.19. The van der Waals surface area contributed by atoms with Crippen molar-refractivity contribution in [3.63, 3.8) is 0 Å². The minimum Gasteiger partial charge on any atom is -0.455 e. The van der Waals surface area contributed by atoms with Gasteiger partial charge < -0.3 is 10.1 Å². The Balaban J connectivity index is 1.86. The molecule has 132 valence electrons. The van der Waals surface area contributed by atoms with E-state index in [0.29, 0.717) is 10.0 Å². The van der Waals surface area contributed by atoms with Crippen LogP contribution in [0.3, 0.4) is 0 Å². The van der Waals surface area contributed by atoms with E-state index in [4.69, 9.17) is 27.9 Å². The van der Waals surface area contributed by atoms with Crippen LogP contribution in [0.25, 0.3) is 0 Å². The van der Waals surface area contributed by atoms with Crippen LogP contribution in [0.2, 0.25) is 10.0 Å². The van der Waals surface area contributed by atoms with Crippen molar-refractivity contribution >= 4 is 35.1 Å². The van der Waals surface area contributed by atoms with Gasteiger partial charge in [0.05, 0.1) is 5.41 Å². The van der Waals surface area contributed by atoms with E-state index in [9.17, 15) is 9.59 Å². The number of carbonyl (C=O) groups is 2. The number of halogens is 2. The molecule has 0 bridgehead atoms. The van der Waals surface area contributed by atoms with E-state index in [2.05, 4.69) is 5.32 Å². The molecule has 0 fully saturated rings. The molecule has 0 spiro atoms. The first-order chi connectivity index (χ1) is 11.8. The molecule has 0 saturated carbocycles.